The molecule has 0 saturated carbocycles. The number of nitrogen functional groups attached to an aromatic ring is 1. The van der Waals surface area contributed by atoms with Crippen molar-refractivity contribution in [2.75, 3.05) is 17.0 Å². The molecule has 1 aliphatic heterocycles. The van der Waals surface area contributed by atoms with Gasteiger partial charge in [-0.3, -0.25) is 4.79 Å². The molecule has 37 heavy (non-hydrogen) atoms. The van der Waals surface area contributed by atoms with Crippen LogP contribution in [0.4, 0.5) is 23.1 Å². The number of hydrogen-bond acceptors (Lipinski definition) is 9. The third kappa shape index (κ3) is 7.60. The molecule has 0 fully saturated rings. The fraction of sp³-hybridized carbons (Fsp3) is 0.227. The Morgan fingerprint density at radius 1 is 1.24 bits per heavy atom. The number of carbonyl (C=O) groups is 3. The van der Waals surface area contributed by atoms with Crippen molar-refractivity contribution < 1.29 is 24.6 Å². The molecule has 0 saturated heterocycles. The summed E-state index contributed by atoms with van der Waals surface area (Å²) in [6.45, 7) is 2.08. The number of aliphatic carboxylic acids is 2. The van der Waals surface area contributed by atoms with Gasteiger partial charge in [0.2, 0.25) is 0 Å². The number of rotatable bonds is 9. The predicted octanol–water partition coefficient (Wildman–Crippen LogP) is -1.01. The summed E-state index contributed by atoms with van der Waals surface area (Å²) in [7, 11) is 0. The van der Waals surface area contributed by atoms with Crippen molar-refractivity contribution in [2.45, 2.75) is 25.8 Å². The second-order valence-electron chi connectivity index (χ2n) is 8.21. The molecule has 15 heteroatoms. The van der Waals surface area contributed by atoms with E-state index in [1.807, 2.05) is 6.02 Å². The Kier molecular flexibility index (Phi) is 10.7. The van der Waals surface area contributed by atoms with E-state index in [1.54, 1.807) is 36.1 Å². The number of nitrogens with two attached hydrogens (primary N) is 1. The van der Waals surface area contributed by atoms with E-state index >= 15 is 0 Å². The van der Waals surface area contributed by atoms with Gasteiger partial charge in [-0.2, -0.15) is 0 Å². The molecule has 1 amide bonds. The molecule has 6 N–H and O–H groups in total. The average Bonchev–Trinajstić information content (AvgIpc) is 2.83. The molecule has 1 aromatic carbocycles. The Labute approximate surface area is 277 Å². The summed E-state index contributed by atoms with van der Waals surface area (Å²) in [6, 6.07) is 8.18. The van der Waals surface area contributed by atoms with E-state index < -0.39 is 23.9 Å². The van der Waals surface area contributed by atoms with Gasteiger partial charge in [0.05, 0.1) is 0 Å². The standard InChI is InChI=1S/C22H22N7O6.2Ba.2H/c1-2-9-29(11-13-10-24-18-17(25-13)20(33)28-22(23)27-18)14-5-3-12(4-6-14)19(32)26-15(21(34)35)7-8-16(30)31;;;;/h3-6,10,15H,7-8,11H2,1H3,(H7,23,24,26,27,28,30,31,32,33,34,35);;;;/q-1;2*+1;;/p-1/t15-;;;;/m0..../s1. The summed E-state index contributed by atoms with van der Waals surface area (Å²) in [6.07, 6.45) is 1.36. The van der Waals surface area contributed by atoms with Crippen molar-refractivity contribution in [1.82, 2.24) is 15.3 Å². The number of H-pyrrole nitrogens is 1. The van der Waals surface area contributed by atoms with Crippen LogP contribution in [0.1, 0.15) is 30.1 Å². The number of benzene rings is 1. The molecule has 3 rings (SSSR count). The summed E-state index contributed by atoms with van der Waals surface area (Å²) in [5.74, 6) is 0.445. The van der Waals surface area contributed by atoms with Crippen LogP contribution in [0.15, 0.2) is 41.0 Å². The topological polar surface area (TPSA) is 185 Å². The Balaban J connectivity index is 1.79. The van der Waals surface area contributed by atoms with Crippen molar-refractivity contribution >= 4 is 135 Å². The first-order chi connectivity index (χ1) is 17.5. The molecule has 0 spiro atoms. The van der Waals surface area contributed by atoms with Gasteiger partial charge >= 0.3 is 255 Å². The van der Waals surface area contributed by atoms with E-state index in [-0.39, 0.29) is 124 Å². The Hall–Kier alpha value is -1.85. The van der Waals surface area contributed by atoms with E-state index in [0.29, 0.717) is 23.7 Å². The molecule has 2 aromatic rings. The van der Waals surface area contributed by atoms with Crippen LogP contribution in [-0.4, -0.2) is 145 Å². The molecule has 1 aliphatic rings. The Morgan fingerprint density at radius 2 is 1.92 bits per heavy atom. The van der Waals surface area contributed by atoms with Gasteiger partial charge in [0.25, 0.3) is 0 Å². The van der Waals surface area contributed by atoms with Crippen LogP contribution < -0.4 is 21.3 Å². The minimum absolute atomic E-state index is 0.0741. The van der Waals surface area contributed by atoms with Crippen molar-refractivity contribution in [2.24, 2.45) is 0 Å². The monoisotopic (exact) mass is 757 g/mol. The van der Waals surface area contributed by atoms with E-state index in [4.69, 9.17) is 10.8 Å². The third-order valence-corrected chi connectivity index (χ3v) is 10.9. The Bertz CT molecular complexity index is 1370. The van der Waals surface area contributed by atoms with E-state index in [0.717, 1.165) is 5.70 Å². The van der Waals surface area contributed by atoms with Crippen LogP contribution in [0.2, 0.25) is 0 Å². The number of nitrogens with zero attached hydrogens (tertiary/aromatic N) is 4. The SMILES string of the molecule is CC#CN(CC1=C[N]([BaH])c2nc(N)[nH]c(=O)c2[N]1[BaH])c1ccc(C(=O)N[C@@H](CCC(=O)O)C(=O)O)cc1. The van der Waals surface area contributed by atoms with Gasteiger partial charge < -0.3 is 10.2 Å². The van der Waals surface area contributed by atoms with E-state index in [2.05, 4.69) is 27.2 Å². The van der Waals surface area contributed by atoms with Gasteiger partial charge in [-0.15, -0.1) is 0 Å². The molecular weight excluding hydrogens is 733 g/mol. The fourth-order valence-electron chi connectivity index (χ4n) is 3.73. The molecule has 0 aliphatic carbocycles. The quantitative estimate of drug-likeness (QED) is 0.120. The predicted molar refractivity (Wildman–Crippen MR) is 140 cm³/mol. The molecule has 1 atom stereocenters. The summed E-state index contributed by atoms with van der Waals surface area (Å²) < 4.78 is 3.92. The molecule has 1 aromatic heterocycles. The van der Waals surface area contributed by atoms with Crippen LogP contribution in [0, 0.1) is 12.0 Å². The van der Waals surface area contributed by atoms with E-state index in [9.17, 15) is 24.3 Å². The van der Waals surface area contributed by atoms with Crippen LogP contribution in [0.3, 0.4) is 0 Å². The van der Waals surface area contributed by atoms with Gasteiger partial charge in [0, 0.05) is 6.42 Å². The summed E-state index contributed by atoms with van der Waals surface area (Å²) in [5.41, 5.74) is 7.73. The maximum atomic E-state index is 12.6. The zero-order valence-electron chi connectivity index (χ0n) is 20.5. The van der Waals surface area contributed by atoms with Crippen molar-refractivity contribution in [3.05, 3.63) is 52.1 Å². The number of fused-ring (bicyclic) bond motifs is 1. The number of anilines is 4. The van der Waals surface area contributed by atoms with Crippen molar-refractivity contribution in [3.8, 4) is 12.0 Å². The summed E-state index contributed by atoms with van der Waals surface area (Å²) >= 11 is -0.377. The second-order valence-corrected chi connectivity index (χ2v) is 14.0. The Morgan fingerprint density at radius 3 is 2.51 bits per heavy atom. The third-order valence-electron chi connectivity index (χ3n) is 5.60. The summed E-state index contributed by atoms with van der Waals surface area (Å²) in [5, 5.41) is 20.4. The number of carboxylic acids is 2. The van der Waals surface area contributed by atoms with Crippen LogP contribution >= 0.6 is 0 Å². The van der Waals surface area contributed by atoms with Crippen LogP contribution in [0.25, 0.3) is 0 Å². The number of nitrogens with one attached hydrogen (secondary N) is 2. The first-order valence-electron chi connectivity index (χ1n) is 11.1. The number of carboxylic acid groups (broad SMARTS) is 2. The number of amides is 1. The zero-order valence-corrected chi connectivity index (χ0v) is 33.0. The zero-order chi connectivity index (χ0) is 27.3. The molecule has 0 radical (unpaired) electrons. The molecule has 2 heterocycles. The van der Waals surface area contributed by atoms with Gasteiger partial charge in [-0.05, 0) is 0 Å². The average molecular weight is 756 g/mol. The fourth-order valence-corrected chi connectivity index (χ4v) is 7.72. The second kappa shape index (κ2) is 13.3. The molecule has 13 nitrogen and oxygen atoms in total. The van der Waals surface area contributed by atoms with Crippen molar-refractivity contribution in [3.63, 3.8) is 0 Å². The molecular formula is C22H23Ba2N7O6. The molecule has 186 valence electrons. The summed E-state index contributed by atoms with van der Waals surface area (Å²) in [4.78, 5) is 56.0. The molecule has 0 bridgehead atoms. The van der Waals surface area contributed by atoms with Gasteiger partial charge in [0.15, 0.2) is 0 Å². The number of aromatic amines is 1. The van der Waals surface area contributed by atoms with Crippen molar-refractivity contribution in [1.29, 1.82) is 0 Å². The normalized spacial score (nSPS) is 12.9. The first kappa shape index (κ1) is 29.7. The number of hydrogen-bond donors (Lipinski definition) is 5. The van der Waals surface area contributed by atoms with Crippen LogP contribution in [-0.2, 0) is 9.59 Å². The van der Waals surface area contributed by atoms with Gasteiger partial charge in [0.1, 0.15) is 0 Å². The van der Waals surface area contributed by atoms with E-state index in [1.165, 1.54) is 0 Å². The number of carbonyl (C=O) groups excluding carboxylic acids is 1. The van der Waals surface area contributed by atoms with Crippen LogP contribution in [0.5, 0.6) is 0 Å². The van der Waals surface area contributed by atoms with Gasteiger partial charge in [-0.1, -0.05) is 0 Å². The van der Waals surface area contributed by atoms with Gasteiger partial charge in [-0.25, -0.2) is 4.79 Å². The maximum absolute atomic E-state index is 12.6. The minimum atomic E-state index is -1.32. The number of aromatic nitrogens is 2. The molecule has 0 unspecified atom stereocenters. The first-order valence-corrected chi connectivity index (χ1v) is 16.8.